The molecule has 37 heavy (non-hydrogen) atoms. The predicted octanol–water partition coefficient (Wildman–Crippen LogP) is 3.69. The van der Waals surface area contributed by atoms with Crippen molar-refractivity contribution in [1.29, 1.82) is 0 Å². The summed E-state index contributed by atoms with van der Waals surface area (Å²) in [7, 11) is 1.56. The van der Waals surface area contributed by atoms with Gasteiger partial charge in [0.1, 0.15) is 5.76 Å². The van der Waals surface area contributed by atoms with Gasteiger partial charge in [-0.2, -0.15) is 0 Å². The van der Waals surface area contributed by atoms with Gasteiger partial charge in [0.2, 0.25) is 11.5 Å². The lowest BCUT2D eigenvalue weighted by molar-refractivity contribution is -0.256. The average molecular weight is 515 g/mol. The molecule has 9 heteroatoms. The Morgan fingerprint density at radius 1 is 1.22 bits per heavy atom. The molecule has 6 heterocycles. The summed E-state index contributed by atoms with van der Waals surface area (Å²) in [5.41, 5.74) is 0.190. The monoisotopic (exact) mass is 514 g/mol. The van der Waals surface area contributed by atoms with E-state index in [0.717, 1.165) is 45.1 Å². The minimum atomic E-state index is -0.767. The van der Waals surface area contributed by atoms with E-state index < -0.39 is 11.8 Å². The van der Waals surface area contributed by atoms with Crippen LogP contribution in [0.4, 0.5) is 4.79 Å². The van der Waals surface area contributed by atoms with Gasteiger partial charge in [0, 0.05) is 30.5 Å². The fourth-order valence-corrected chi connectivity index (χ4v) is 9.21. The van der Waals surface area contributed by atoms with E-state index in [1.807, 2.05) is 11.8 Å². The second kappa shape index (κ2) is 8.12. The van der Waals surface area contributed by atoms with Crippen LogP contribution in [0.5, 0.6) is 0 Å². The third-order valence-electron chi connectivity index (χ3n) is 10.5. The van der Waals surface area contributed by atoms with Crippen molar-refractivity contribution >= 4 is 12.1 Å². The van der Waals surface area contributed by atoms with Crippen molar-refractivity contribution in [2.45, 2.75) is 95.2 Å². The van der Waals surface area contributed by atoms with E-state index in [2.05, 4.69) is 11.8 Å². The summed E-state index contributed by atoms with van der Waals surface area (Å²) < 4.78 is 30.6. The molecule has 1 unspecified atom stereocenters. The van der Waals surface area contributed by atoms with Gasteiger partial charge in [0.05, 0.1) is 36.9 Å². The number of nitrogens with zero attached hydrogens (tertiary/aromatic N) is 2. The van der Waals surface area contributed by atoms with Gasteiger partial charge in [-0.3, -0.25) is 4.90 Å². The summed E-state index contributed by atoms with van der Waals surface area (Å²) in [6, 6.07) is 0.514. The molecule has 1 aliphatic carbocycles. The zero-order chi connectivity index (χ0) is 25.7. The van der Waals surface area contributed by atoms with E-state index in [-0.39, 0.29) is 41.5 Å². The molecule has 5 saturated heterocycles. The first-order chi connectivity index (χ1) is 17.9. The molecule has 1 amide bonds. The molecule has 202 valence electrons. The first-order valence-corrected chi connectivity index (χ1v) is 14.2. The number of carbonyl (C=O) groups excluding carboxylic acids is 2. The van der Waals surface area contributed by atoms with Crippen LogP contribution in [0.3, 0.4) is 0 Å². The number of cyclic esters (lactones) is 1. The molecule has 1 saturated carbocycles. The summed E-state index contributed by atoms with van der Waals surface area (Å²) >= 11 is 0. The zero-order valence-corrected chi connectivity index (χ0v) is 22.3. The summed E-state index contributed by atoms with van der Waals surface area (Å²) in [5, 5.41) is 0. The van der Waals surface area contributed by atoms with Crippen LogP contribution >= 0.6 is 0 Å². The van der Waals surface area contributed by atoms with Gasteiger partial charge >= 0.3 is 12.1 Å². The van der Waals surface area contributed by atoms with Crippen LogP contribution in [0.15, 0.2) is 22.9 Å². The highest BCUT2D eigenvalue weighted by molar-refractivity contribution is 5.93. The van der Waals surface area contributed by atoms with Gasteiger partial charge in [0.15, 0.2) is 5.76 Å². The van der Waals surface area contributed by atoms with Crippen LogP contribution in [0, 0.1) is 17.8 Å². The summed E-state index contributed by atoms with van der Waals surface area (Å²) in [6.07, 6.45) is 7.31. The van der Waals surface area contributed by atoms with E-state index in [9.17, 15) is 9.59 Å². The second-order valence-corrected chi connectivity index (χ2v) is 11.9. The Morgan fingerprint density at radius 3 is 2.73 bits per heavy atom. The SMILES string of the molecule is CCOC(=O)N(C[C@@]12[C@@H]3C[C@H]4[C@H]5[C@H](C)/C(=C6/OC(=O)C(C)=C6OC)O[C@]5(O3)[C@H]1CCN42)C1CCCCC1. The minimum absolute atomic E-state index is 0.00335. The smallest absolute Gasteiger partial charge is 0.410 e. The standard InChI is InChI=1S/C28H38N2O7/c1-5-34-26(32)29(17-9-7-6-8-10-17)14-27-19-11-12-30(27)18-13-20(27)36-28(19)21(18)15(2)23(37-28)24-22(33-4)16(3)25(31)35-24/h15,17-21H,5-14H2,1-4H3/b24-23-/t15-,18-,19-,20-,21+,27-,28+/m0/s1. The van der Waals surface area contributed by atoms with E-state index in [4.69, 9.17) is 23.7 Å². The van der Waals surface area contributed by atoms with Crippen molar-refractivity contribution in [2.75, 3.05) is 26.8 Å². The number of amides is 1. The Morgan fingerprint density at radius 2 is 2.00 bits per heavy atom. The molecule has 0 aromatic heterocycles. The minimum Gasteiger partial charge on any atom is -0.492 e. The maximum Gasteiger partial charge on any atom is 0.410 e. The first kappa shape index (κ1) is 23.8. The molecule has 5 bridgehead atoms. The largest absolute Gasteiger partial charge is 0.492 e. The lowest BCUT2D eigenvalue weighted by atomic mass is 9.70. The molecule has 8 atom stereocenters. The highest BCUT2D eigenvalue weighted by Crippen LogP contribution is 2.72. The fourth-order valence-electron chi connectivity index (χ4n) is 9.21. The van der Waals surface area contributed by atoms with Gasteiger partial charge in [-0.05, 0) is 46.1 Å². The zero-order valence-electron chi connectivity index (χ0n) is 22.3. The molecule has 7 aliphatic rings. The van der Waals surface area contributed by atoms with Crippen LogP contribution in [0.25, 0.3) is 0 Å². The van der Waals surface area contributed by atoms with Crippen molar-refractivity contribution in [3.8, 4) is 0 Å². The molecular formula is C28H38N2O7. The number of esters is 1. The summed E-state index contributed by atoms with van der Waals surface area (Å²) in [6.45, 7) is 7.75. The number of allylic oxidation sites excluding steroid dienone is 1. The van der Waals surface area contributed by atoms with Gasteiger partial charge in [-0.1, -0.05) is 26.2 Å². The van der Waals surface area contributed by atoms with Gasteiger partial charge in [-0.15, -0.1) is 0 Å². The number of hydrogen-bond donors (Lipinski definition) is 0. The van der Waals surface area contributed by atoms with Crippen molar-refractivity contribution in [3.05, 3.63) is 22.9 Å². The molecule has 9 nitrogen and oxygen atoms in total. The molecule has 0 N–H and O–H groups in total. The molecule has 0 radical (unpaired) electrons. The first-order valence-electron chi connectivity index (χ1n) is 14.2. The highest BCUT2D eigenvalue weighted by Gasteiger charge is 2.84. The molecule has 6 aliphatic heterocycles. The number of methoxy groups -OCH3 is 1. The van der Waals surface area contributed by atoms with E-state index in [1.54, 1.807) is 14.0 Å². The van der Waals surface area contributed by atoms with Gasteiger partial charge in [0.25, 0.3) is 0 Å². The Bertz CT molecular complexity index is 1100. The van der Waals surface area contributed by atoms with Crippen LogP contribution < -0.4 is 0 Å². The molecule has 1 spiro atoms. The van der Waals surface area contributed by atoms with Crippen molar-refractivity contribution in [1.82, 2.24) is 9.80 Å². The molecule has 0 aromatic carbocycles. The molecule has 6 fully saturated rings. The number of rotatable bonds is 5. The maximum atomic E-state index is 13.3. The van der Waals surface area contributed by atoms with E-state index in [1.165, 1.54) is 6.42 Å². The highest BCUT2D eigenvalue weighted by atomic mass is 16.7. The number of carbonyl (C=O) groups is 2. The summed E-state index contributed by atoms with van der Waals surface area (Å²) in [4.78, 5) is 30.4. The molecular weight excluding hydrogens is 476 g/mol. The van der Waals surface area contributed by atoms with Crippen molar-refractivity contribution < 1.29 is 33.3 Å². The maximum absolute atomic E-state index is 13.3. The van der Waals surface area contributed by atoms with Gasteiger partial charge in [-0.25, -0.2) is 9.59 Å². The fraction of sp³-hybridized carbons (Fsp3) is 0.786. The Kier molecular flexibility index (Phi) is 5.23. The quantitative estimate of drug-likeness (QED) is 0.514. The topological polar surface area (TPSA) is 86.8 Å². The Hall–Kier alpha value is -2.26. The Labute approximate surface area is 218 Å². The number of hydrogen-bond acceptors (Lipinski definition) is 8. The molecule has 0 aromatic rings. The number of piperidine rings is 1. The van der Waals surface area contributed by atoms with Crippen LogP contribution in [-0.4, -0.2) is 78.2 Å². The third kappa shape index (κ3) is 2.87. The average Bonchev–Trinajstić information content (AvgIpc) is 3.61. The second-order valence-electron chi connectivity index (χ2n) is 11.9. The van der Waals surface area contributed by atoms with Crippen molar-refractivity contribution in [3.63, 3.8) is 0 Å². The van der Waals surface area contributed by atoms with E-state index in [0.29, 0.717) is 42.0 Å². The Balaban J connectivity index is 1.27. The van der Waals surface area contributed by atoms with Crippen LogP contribution in [0.1, 0.15) is 65.7 Å². The van der Waals surface area contributed by atoms with Gasteiger partial charge < -0.3 is 28.6 Å². The number of fused-ring (bicyclic) bond motifs is 1. The molecule has 7 rings (SSSR count). The van der Waals surface area contributed by atoms with Crippen LogP contribution in [0.2, 0.25) is 0 Å². The lowest BCUT2D eigenvalue weighted by Crippen LogP contribution is -2.65. The van der Waals surface area contributed by atoms with Crippen molar-refractivity contribution in [2.24, 2.45) is 17.8 Å². The predicted molar refractivity (Wildman–Crippen MR) is 131 cm³/mol. The van der Waals surface area contributed by atoms with E-state index >= 15 is 0 Å². The number of ether oxygens (including phenoxy) is 5. The normalized spacial score (nSPS) is 45.4. The lowest BCUT2D eigenvalue weighted by Gasteiger charge is -2.50. The summed E-state index contributed by atoms with van der Waals surface area (Å²) in [5.74, 6) is 0.643. The third-order valence-corrected chi connectivity index (χ3v) is 10.5. The van der Waals surface area contributed by atoms with Crippen LogP contribution in [-0.2, 0) is 28.5 Å².